The van der Waals surface area contributed by atoms with E-state index in [-0.39, 0.29) is 19.1 Å². The lowest BCUT2D eigenvalue weighted by Crippen LogP contribution is -2.14. The molecule has 3 aromatic rings. The van der Waals surface area contributed by atoms with Gasteiger partial charge in [0.25, 0.3) is 5.89 Å². The van der Waals surface area contributed by atoms with E-state index >= 15 is 0 Å². The topological polar surface area (TPSA) is 83.7 Å². The molecule has 1 aromatic heterocycles. The van der Waals surface area contributed by atoms with E-state index in [0.717, 1.165) is 11.3 Å². The van der Waals surface area contributed by atoms with E-state index in [1.165, 1.54) is 0 Å². The van der Waals surface area contributed by atoms with Gasteiger partial charge in [-0.15, -0.1) is 10.2 Å². The van der Waals surface area contributed by atoms with E-state index < -0.39 is 5.97 Å². The Morgan fingerprint density at radius 2 is 1.67 bits per heavy atom. The minimum Gasteiger partial charge on any atom is -0.494 e. The molecule has 0 atom stereocenters. The molecule has 0 unspecified atom stereocenters. The van der Waals surface area contributed by atoms with Crippen molar-refractivity contribution in [3.05, 3.63) is 59.4 Å². The van der Waals surface area contributed by atoms with Crippen LogP contribution in [0.15, 0.2) is 52.9 Å². The number of halogens is 1. The van der Waals surface area contributed by atoms with Gasteiger partial charge in [-0.05, 0) is 55.5 Å². The van der Waals surface area contributed by atoms with Gasteiger partial charge in [0.2, 0.25) is 5.89 Å². The molecule has 2 aromatic carbocycles. The number of esters is 1. The van der Waals surface area contributed by atoms with Crippen LogP contribution in [0, 0.1) is 0 Å². The van der Waals surface area contributed by atoms with Crippen LogP contribution < -0.4 is 9.47 Å². The fourth-order valence-electron chi connectivity index (χ4n) is 2.15. The van der Waals surface area contributed by atoms with Crippen LogP contribution in [0.25, 0.3) is 11.5 Å². The van der Waals surface area contributed by atoms with Crippen LogP contribution in [0.3, 0.4) is 0 Å². The van der Waals surface area contributed by atoms with Crippen LogP contribution in [0.2, 0.25) is 5.02 Å². The second-order valence-corrected chi connectivity index (χ2v) is 5.80. The molecule has 27 heavy (non-hydrogen) atoms. The number of rotatable bonds is 8. The first kappa shape index (κ1) is 18.7. The molecule has 3 rings (SSSR count). The van der Waals surface area contributed by atoms with Crippen molar-refractivity contribution in [3.8, 4) is 23.0 Å². The molecule has 0 amide bonds. The van der Waals surface area contributed by atoms with Crippen molar-refractivity contribution in [1.29, 1.82) is 0 Å². The second kappa shape index (κ2) is 9.05. The van der Waals surface area contributed by atoms with Gasteiger partial charge in [-0.2, -0.15) is 0 Å². The molecule has 1 heterocycles. The Morgan fingerprint density at radius 1 is 1.00 bits per heavy atom. The predicted octanol–water partition coefficient (Wildman–Crippen LogP) is 3.91. The molecule has 140 valence electrons. The minimum absolute atomic E-state index is 0.133. The largest absolute Gasteiger partial charge is 0.494 e. The van der Waals surface area contributed by atoms with Crippen molar-refractivity contribution >= 4 is 17.6 Å². The Labute approximate surface area is 160 Å². The summed E-state index contributed by atoms with van der Waals surface area (Å²) in [5.74, 6) is 1.24. The van der Waals surface area contributed by atoms with Crippen molar-refractivity contribution in [2.45, 2.75) is 13.5 Å². The zero-order valence-electron chi connectivity index (χ0n) is 14.6. The zero-order chi connectivity index (χ0) is 19.1. The van der Waals surface area contributed by atoms with Crippen molar-refractivity contribution in [3.63, 3.8) is 0 Å². The predicted molar refractivity (Wildman–Crippen MR) is 97.6 cm³/mol. The minimum atomic E-state index is -0.546. The molecule has 0 N–H and O–H groups in total. The van der Waals surface area contributed by atoms with Gasteiger partial charge < -0.3 is 18.6 Å². The average molecular weight is 389 g/mol. The van der Waals surface area contributed by atoms with Crippen LogP contribution in [0.5, 0.6) is 11.5 Å². The van der Waals surface area contributed by atoms with Crippen molar-refractivity contribution in [2.24, 2.45) is 0 Å². The van der Waals surface area contributed by atoms with Crippen molar-refractivity contribution < 1.29 is 23.4 Å². The average Bonchev–Trinajstić information content (AvgIpc) is 3.16. The molecule has 0 aliphatic carbocycles. The van der Waals surface area contributed by atoms with Crippen LogP contribution in [-0.2, 0) is 16.1 Å². The number of hydrogen-bond acceptors (Lipinski definition) is 7. The molecular weight excluding hydrogens is 372 g/mol. The van der Waals surface area contributed by atoms with Gasteiger partial charge in [0.15, 0.2) is 13.2 Å². The van der Waals surface area contributed by atoms with E-state index in [4.69, 9.17) is 30.2 Å². The molecule has 0 fully saturated rings. The van der Waals surface area contributed by atoms with Crippen LogP contribution in [0.1, 0.15) is 12.8 Å². The highest BCUT2D eigenvalue weighted by Gasteiger charge is 2.11. The fraction of sp³-hybridized carbons (Fsp3) is 0.211. The second-order valence-electron chi connectivity index (χ2n) is 5.36. The van der Waals surface area contributed by atoms with Gasteiger partial charge in [0, 0.05) is 10.6 Å². The lowest BCUT2D eigenvalue weighted by molar-refractivity contribution is -0.148. The summed E-state index contributed by atoms with van der Waals surface area (Å²) < 4.78 is 21.2. The summed E-state index contributed by atoms with van der Waals surface area (Å²) in [4.78, 5) is 11.8. The number of ether oxygens (including phenoxy) is 3. The highest BCUT2D eigenvalue weighted by molar-refractivity contribution is 6.30. The number of benzene rings is 2. The maximum atomic E-state index is 11.8. The first-order valence-corrected chi connectivity index (χ1v) is 8.61. The number of aromatic nitrogens is 2. The summed E-state index contributed by atoms with van der Waals surface area (Å²) >= 11 is 5.84. The Morgan fingerprint density at radius 3 is 2.33 bits per heavy atom. The quantitative estimate of drug-likeness (QED) is 0.541. The maximum Gasteiger partial charge on any atom is 0.344 e. The highest BCUT2D eigenvalue weighted by atomic mass is 35.5. The SMILES string of the molecule is CCOc1ccc(OCC(=O)OCc2nnc(-c3ccc(Cl)cc3)o2)cc1. The summed E-state index contributed by atoms with van der Waals surface area (Å²) in [6, 6.07) is 13.9. The Kier molecular flexibility index (Phi) is 6.27. The molecule has 8 heteroatoms. The van der Waals surface area contributed by atoms with Gasteiger partial charge in [-0.25, -0.2) is 4.79 Å². The zero-order valence-corrected chi connectivity index (χ0v) is 15.3. The number of carbonyl (C=O) groups is 1. The third kappa shape index (κ3) is 5.46. The molecule has 0 spiro atoms. The van der Waals surface area contributed by atoms with Crippen LogP contribution in [-0.4, -0.2) is 29.4 Å². The normalized spacial score (nSPS) is 10.4. The molecule has 0 bridgehead atoms. The Hall–Kier alpha value is -3.06. The van der Waals surface area contributed by atoms with Gasteiger partial charge in [0.05, 0.1) is 6.61 Å². The van der Waals surface area contributed by atoms with Gasteiger partial charge in [-0.1, -0.05) is 11.6 Å². The Balaban J connectivity index is 1.46. The molecule has 0 saturated carbocycles. The third-order valence-electron chi connectivity index (χ3n) is 3.41. The van der Waals surface area contributed by atoms with E-state index in [2.05, 4.69) is 10.2 Å². The number of carbonyl (C=O) groups excluding carboxylic acids is 1. The summed E-state index contributed by atoms with van der Waals surface area (Å²) in [6.07, 6.45) is 0. The monoisotopic (exact) mass is 388 g/mol. The fourth-order valence-corrected chi connectivity index (χ4v) is 2.27. The van der Waals surface area contributed by atoms with Gasteiger partial charge in [0.1, 0.15) is 11.5 Å². The lowest BCUT2D eigenvalue weighted by atomic mass is 10.2. The first-order valence-electron chi connectivity index (χ1n) is 8.23. The lowest BCUT2D eigenvalue weighted by Gasteiger charge is -2.07. The molecule has 0 aliphatic heterocycles. The van der Waals surface area contributed by atoms with Gasteiger partial charge >= 0.3 is 5.97 Å². The van der Waals surface area contributed by atoms with E-state index in [0.29, 0.717) is 23.3 Å². The summed E-state index contributed by atoms with van der Waals surface area (Å²) in [6.45, 7) is 2.13. The smallest absolute Gasteiger partial charge is 0.344 e. The number of hydrogen-bond donors (Lipinski definition) is 0. The summed E-state index contributed by atoms with van der Waals surface area (Å²) in [7, 11) is 0. The summed E-state index contributed by atoms with van der Waals surface area (Å²) in [5.41, 5.74) is 0.725. The van der Waals surface area contributed by atoms with E-state index in [9.17, 15) is 4.79 Å². The van der Waals surface area contributed by atoms with Crippen LogP contribution >= 0.6 is 11.6 Å². The first-order chi connectivity index (χ1) is 13.1. The standard InChI is InChI=1S/C19H17ClN2O5/c1-2-24-15-7-9-16(10-8-15)25-12-18(23)26-11-17-21-22-19(27-17)13-3-5-14(20)6-4-13/h3-10H,2,11-12H2,1H3. The molecule has 7 nitrogen and oxygen atoms in total. The van der Waals surface area contributed by atoms with Crippen molar-refractivity contribution in [1.82, 2.24) is 10.2 Å². The third-order valence-corrected chi connectivity index (χ3v) is 3.66. The Bertz CT molecular complexity index is 878. The van der Waals surface area contributed by atoms with Gasteiger partial charge in [-0.3, -0.25) is 0 Å². The molecule has 0 radical (unpaired) electrons. The van der Waals surface area contributed by atoms with Crippen molar-refractivity contribution in [2.75, 3.05) is 13.2 Å². The molecular formula is C19H17ClN2O5. The number of nitrogens with zero attached hydrogens (tertiary/aromatic N) is 2. The van der Waals surface area contributed by atoms with E-state index in [1.54, 1.807) is 48.5 Å². The molecule has 0 saturated heterocycles. The summed E-state index contributed by atoms with van der Waals surface area (Å²) in [5, 5.41) is 8.38. The van der Waals surface area contributed by atoms with E-state index in [1.807, 2.05) is 6.92 Å². The highest BCUT2D eigenvalue weighted by Crippen LogP contribution is 2.20. The maximum absolute atomic E-state index is 11.8. The van der Waals surface area contributed by atoms with Crippen LogP contribution in [0.4, 0.5) is 0 Å². The molecule has 0 aliphatic rings.